The topological polar surface area (TPSA) is 27.7 Å². The Labute approximate surface area is 110 Å². The fourth-order valence-corrected chi connectivity index (χ4v) is 1.47. The Morgan fingerprint density at radius 3 is 2.05 bits per heavy atom. The van der Waals surface area contributed by atoms with Gasteiger partial charge in [-0.3, -0.25) is 0 Å². The number of nitriles is 1. The van der Waals surface area contributed by atoms with Gasteiger partial charge in [-0.05, 0) is 12.1 Å². The van der Waals surface area contributed by atoms with Crippen molar-refractivity contribution in [3.8, 4) is 6.07 Å². The van der Waals surface area contributed by atoms with Crippen molar-refractivity contribution in [2.45, 2.75) is 0 Å². The van der Waals surface area contributed by atoms with E-state index >= 15 is 0 Å². The van der Waals surface area contributed by atoms with Crippen LogP contribution in [0.3, 0.4) is 0 Å². The van der Waals surface area contributed by atoms with Crippen LogP contribution in [0.1, 0.15) is 5.56 Å². The molecule has 0 saturated heterocycles. The van der Waals surface area contributed by atoms with E-state index in [1.54, 1.807) is 0 Å². The van der Waals surface area contributed by atoms with Crippen LogP contribution < -0.4 is 4.57 Å². The Morgan fingerprint density at radius 1 is 1.05 bits per heavy atom. The molecule has 0 bridgehead atoms. The summed E-state index contributed by atoms with van der Waals surface area (Å²) < 4.78 is 61.2. The van der Waals surface area contributed by atoms with Gasteiger partial charge in [-0.1, -0.05) is 12.1 Å². The molecule has 0 N–H and O–H groups in total. The first-order valence-electron chi connectivity index (χ1n) is 5.11. The third-order valence-corrected chi connectivity index (χ3v) is 2.09. The van der Waals surface area contributed by atoms with Crippen LogP contribution in [-0.2, 0) is 7.05 Å². The third-order valence-electron chi connectivity index (χ3n) is 2.09. The average Bonchev–Trinajstić information content (AvgIpc) is 2.24. The minimum absolute atomic E-state index is 0.696. The number of hydrogen-bond acceptors (Lipinski definition) is 1. The van der Waals surface area contributed by atoms with Crippen LogP contribution in [0.15, 0.2) is 36.5 Å². The molecular formula is C11H9F6N2P. The summed E-state index contributed by atoms with van der Waals surface area (Å²) in [4.78, 5) is 0. The summed E-state index contributed by atoms with van der Waals surface area (Å²) in [5, 5.41) is 9.86. The minimum atomic E-state index is -10.7. The van der Waals surface area contributed by atoms with Gasteiger partial charge in [-0.25, -0.2) is 0 Å². The van der Waals surface area contributed by atoms with Crippen molar-refractivity contribution >= 4 is 18.7 Å². The molecule has 110 valence electrons. The molecule has 0 saturated carbocycles. The van der Waals surface area contributed by atoms with Gasteiger partial charge in [0, 0.05) is 11.5 Å². The summed E-state index contributed by atoms with van der Waals surface area (Å²) >= 11 is 0. The number of aryl methyl sites for hydroxylation is 1. The predicted molar refractivity (Wildman–Crippen MR) is 63.4 cm³/mol. The van der Waals surface area contributed by atoms with E-state index in [2.05, 4.69) is 6.07 Å². The molecule has 0 unspecified atom stereocenters. The molecule has 0 aliphatic heterocycles. The van der Waals surface area contributed by atoms with Gasteiger partial charge in [0.15, 0.2) is 6.20 Å². The molecule has 20 heavy (non-hydrogen) atoms. The van der Waals surface area contributed by atoms with E-state index in [9.17, 15) is 25.2 Å². The van der Waals surface area contributed by atoms with E-state index in [4.69, 9.17) is 5.26 Å². The maximum absolute atomic E-state index is 10.7. The Bertz CT molecular complexity index is 676. The second-order valence-electron chi connectivity index (χ2n) is 3.97. The first kappa shape index (κ1) is 16.2. The molecular weight excluding hydrogens is 305 g/mol. The van der Waals surface area contributed by atoms with Crippen LogP contribution >= 0.6 is 7.81 Å². The van der Waals surface area contributed by atoms with E-state index in [-0.39, 0.29) is 0 Å². The summed E-state index contributed by atoms with van der Waals surface area (Å²) in [7, 11) is -8.71. The van der Waals surface area contributed by atoms with Gasteiger partial charge in [0.1, 0.15) is 18.7 Å². The second-order valence-corrected chi connectivity index (χ2v) is 5.89. The molecule has 1 aromatic carbocycles. The quantitative estimate of drug-likeness (QED) is 0.385. The standard InChI is InChI=1S/C11H9N2.F6P/c1-13-8-9(7-12)6-10-4-2-3-5-11(10)13;1-7(2,3,4,5)6/h2-6,8H,1H3;/q+1;-1. The molecule has 2 rings (SSSR count). The molecule has 0 spiro atoms. The van der Waals surface area contributed by atoms with Gasteiger partial charge in [0.05, 0.1) is 0 Å². The number of aromatic nitrogens is 1. The Morgan fingerprint density at radius 2 is 1.55 bits per heavy atom. The summed E-state index contributed by atoms with van der Waals surface area (Å²) in [5.41, 5.74) is 1.84. The zero-order valence-electron chi connectivity index (χ0n) is 10.1. The summed E-state index contributed by atoms with van der Waals surface area (Å²) in [6.45, 7) is 0. The molecule has 0 amide bonds. The summed E-state index contributed by atoms with van der Waals surface area (Å²) in [6.07, 6.45) is 1.84. The van der Waals surface area contributed by atoms with Crippen molar-refractivity contribution in [2.75, 3.05) is 0 Å². The van der Waals surface area contributed by atoms with Gasteiger partial charge in [-0.15, -0.1) is 0 Å². The number of para-hydroxylation sites is 1. The van der Waals surface area contributed by atoms with Gasteiger partial charge in [-0.2, -0.15) is 9.83 Å². The molecule has 2 nitrogen and oxygen atoms in total. The molecule has 0 aliphatic carbocycles. The fraction of sp³-hybridized carbons (Fsp3) is 0.0909. The molecule has 1 aromatic heterocycles. The van der Waals surface area contributed by atoms with E-state index in [0.717, 1.165) is 10.9 Å². The first-order valence-corrected chi connectivity index (χ1v) is 7.14. The van der Waals surface area contributed by atoms with Gasteiger partial charge in [0.25, 0.3) is 0 Å². The molecule has 0 atom stereocenters. The number of rotatable bonds is 0. The zero-order chi connectivity index (χ0) is 15.7. The Balaban J connectivity index is 0.000000246. The third kappa shape index (κ3) is 6.90. The average molecular weight is 314 g/mol. The van der Waals surface area contributed by atoms with E-state index in [0.29, 0.717) is 5.56 Å². The van der Waals surface area contributed by atoms with Crippen molar-refractivity contribution in [3.63, 3.8) is 0 Å². The number of fused-ring (bicyclic) bond motifs is 1. The SMILES string of the molecule is C[n+]1cc(C#N)cc2ccccc21.F[P-](F)(F)(F)(F)F. The normalized spacial score (nSPS) is 14.5. The van der Waals surface area contributed by atoms with E-state index in [1.165, 1.54) is 0 Å². The Kier molecular flexibility index (Phi) is 3.49. The second kappa shape index (κ2) is 4.32. The van der Waals surface area contributed by atoms with E-state index < -0.39 is 7.81 Å². The van der Waals surface area contributed by atoms with Crippen LogP contribution in [0.25, 0.3) is 10.9 Å². The van der Waals surface area contributed by atoms with Crippen LogP contribution in [-0.4, -0.2) is 0 Å². The fourth-order valence-electron chi connectivity index (χ4n) is 1.47. The van der Waals surface area contributed by atoms with Gasteiger partial charge in [0.2, 0.25) is 5.52 Å². The van der Waals surface area contributed by atoms with Crippen molar-refractivity contribution in [3.05, 3.63) is 42.1 Å². The molecule has 9 heteroatoms. The number of benzene rings is 1. The van der Waals surface area contributed by atoms with Crippen molar-refractivity contribution in [1.29, 1.82) is 5.26 Å². The Hall–Kier alpha value is -1.87. The molecule has 0 radical (unpaired) electrons. The van der Waals surface area contributed by atoms with Crippen LogP contribution in [0.4, 0.5) is 25.2 Å². The van der Waals surface area contributed by atoms with E-state index in [1.807, 2.05) is 48.1 Å². The first-order chi connectivity index (χ1) is 8.76. The summed E-state index contributed by atoms with van der Waals surface area (Å²) in [6, 6.07) is 12.1. The number of pyridine rings is 1. The van der Waals surface area contributed by atoms with Gasteiger partial charge < -0.3 is 0 Å². The van der Waals surface area contributed by atoms with Crippen LogP contribution in [0.2, 0.25) is 0 Å². The van der Waals surface area contributed by atoms with Crippen molar-refractivity contribution in [2.24, 2.45) is 7.05 Å². The zero-order valence-corrected chi connectivity index (χ0v) is 11.0. The van der Waals surface area contributed by atoms with Crippen LogP contribution in [0, 0.1) is 11.3 Å². The number of nitrogens with zero attached hydrogens (tertiary/aromatic N) is 2. The predicted octanol–water partition coefficient (Wildman–Crippen LogP) is 4.92. The van der Waals surface area contributed by atoms with Crippen molar-refractivity contribution < 1.29 is 29.7 Å². The maximum atomic E-state index is 9.87. The molecule has 1 heterocycles. The molecule has 2 aromatic rings. The number of hydrogen-bond donors (Lipinski definition) is 0. The number of halogens is 6. The monoisotopic (exact) mass is 314 g/mol. The summed E-state index contributed by atoms with van der Waals surface area (Å²) in [5.74, 6) is 0. The van der Waals surface area contributed by atoms with Crippen molar-refractivity contribution in [1.82, 2.24) is 0 Å². The van der Waals surface area contributed by atoms with Gasteiger partial charge >= 0.3 is 33.0 Å². The molecule has 0 aliphatic rings. The molecule has 0 fully saturated rings. The van der Waals surface area contributed by atoms with Crippen LogP contribution in [0.5, 0.6) is 0 Å².